The van der Waals surface area contributed by atoms with Gasteiger partial charge >= 0.3 is 0 Å². The zero-order valence-electron chi connectivity index (χ0n) is 21.0. The van der Waals surface area contributed by atoms with Crippen LogP contribution in [0, 0.1) is 0 Å². The second-order valence-corrected chi connectivity index (χ2v) is 8.88. The third kappa shape index (κ3) is 27.3. The smallest absolute Gasteiger partial charge is 0.101 e. The number of rotatable bonds is 25. The Morgan fingerprint density at radius 3 is 1.45 bits per heavy atom. The Morgan fingerprint density at radius 1 is 0.581 bits per heavy atom. The topological polar surface area (TPSA) is 38.7 Å². The van der Waals surface area contributed by atoms with Gasteiger partial charge in [0.1, 0.15) is 6.10 Å². The van der Waals surface area contributed by atoms with Crippen LogP contribution in [0.3, 0.4) is 0 Å². The SMILES string of the molecule is CCCCCC=CCCCCCCCCCCC=CCCCCCOC[C@@H](O)COC. The van der Waals surface area contributed by atoms with Crippen molar-refractivity contribution in [2.45, 2.75) is 129 Å². The number of methoxy groups -OCH3 is 1. The molecule has 0 aromatic heterocycles. The molecule has 0 bridgehead atoms. The van der Waals surface area contributed by atoms with Gasteiger partial charge in [0, 0.05) is 13.7 Å². The van der Waals surface area contributed by atoms with Gasteiger partial charge in [-0.1, -0.05) is 89.0 Å². The number of hydrogen-bond acceptors (Lipinski definition) is 3. The number of allylic oxidation sites excluding steroid dienone is 4. The lowest BCUT2D eigenvalue weighted by Gasteiger charge is -2.09. The molecule has 3 heteroatoms. The van der Waals surface area contributed by atoms with Gasteiger partial charge in [0.15, 0.2) is 0 Å². The maximum Gasteiger partial charge on any atom is 0.101 e. The average Bonchev–Trinajstić information content (AvgIpc) is 2.77. The molecule has 184 valence electrons. The second-order valence-electron chi connectivity index (χ2n) is 8.88. The summed E-state index contributed by atoms with van der Waals surface area (Å²) in [5, 5.41) is 9.47. The molecule has 0 amide bonds. The quantitative estimate of drug-likeness (QED) is 0.115. The van der Waals surface area contributed by atoms with Crippen LogP contribution >= 0.6 is 0 Å². The Balaban J connectivity index is 3.15. The van der Waals surface area contributed by atoms with Crippen molar-refractivity contribution in [1.29, 1.82) is 0 Å². The highest BCUT2D eigenvalue weighted by atomic mass is 16.5. The zero-order chi connectivity index (χ0) is 22.7. The molecule has 1 N–H and O–H groups in total. The van der Waals surface area contributed by atoms with Crippen molar-refractivity contribution in [1.82, 2.24) is 0 Å². The first kappa shape index (κ1) is 30.4. The average molecular weight is 439 g/mol. The Morgan fingerprint density at radius 2 is 1.00 bits per heavy atom. The van der Waals surface area contributed by atoms with Gasteiger partial charge in [-0.3, -0.25) is 0 Å². The Hall–Kier alpha value is -0.640. The molecule has 0 saturated carbocycles. The molecule has 1 atom stereocenters. The summed E-state index contributed by atoms with van der Waals surface area (Å²) in [6, 6.07) is 0. The molecular weight excluding hydrogens is 384 g/mol. The summed E-state index contributed by atoms with van der Waals surface area (Å²) in [4.78, 5) is 0. The van der Waals surface area contributed by atoms with E-state index in [1.165, 1.54) is 109 Å². The van der Waals surface area contributed by atoms with E-state index in [1.54, 1.807) is 7.11 Å². The van der Waals surface area contributed by atoms with Crippen molar-refractivity contribution in [3.05, 3.63) is 24.3 Å². The van der Waals surface area contributed by atoms with Crippen molar-refractivity contribution in [2.24, 2.45) is 0 Å². The van der Waals surface area contributed by atoms with Crippen LogP contribution < -0.4 is 0 Å². The fourth-order valence-electron chi connectivity index (χ4n) is 3.67. The number of unbranched alkanes of at least 4 members (excludes halogenated alkanes) is 15. The van der Waals surface area contributed by atoms with E-state index in [1.807, 2.05) is 0 Å². The van der Waals surface area contributed by atoms with E-state index in [4.69, 9.17) is 9.47 Å². The van der Waals surface area contributed by atoms with Crippen LogP contribution in [0.4, 0.5) is 0 Å². The summed E-state index contributed by atoms with van der Waals surface area (Å²) in [5.41, 5.74) is 0. The molecule has 0 unspecified atom stereocenters. The maximum absolute atomic E-state index is 9.47. The predicted octanol–water partition coefficient (Wildman–Crippen LogP) is 8.16. The lowest BCUT2D eigenvalue weighted by Crippen LogP contribution is -2.21. The van der Waals surface area contributed by atoms with Gasteiger partial charge in [0.05, 0.1) is 13.2 Å². The normalized spacial score (nSPS) is 13.0. The van der Waals surface area contributed by atoms with Crippen molar-refractivity contribution in [3.8, 4) is 0 Å². The molecule has 0 aliphatic heterocycles. The highest BCUT2D eigenvalue weighted by Gasteiger charge is 2.02. The number of ether oxygens (including phenoxy) is 2. The van der Waals surface area contributed by atoms with Crippen molar-refractivity contribution in [3.63, 3.8) is 0 Å². The second kappa shape index (κ2) is 27.4. The Bertz CT molecular complexity index is 378. The summed E-state index contributed by atoms with van der Waals surface area (Å²) < 4.78 is 10.3. The highest BCUT2D eigenvalue weighted by Crippen LogP contribution is 2.12. The van der Waals surface area contributed by atoms with Crippen LogP contribution in [-0.4, -0.2) is 38.1 Å². The first-order valence-corrected chi connectivity index (χ1v) is 13.4. The molecule has 0 fully saturated rings. The lowest BCUT2D eigenvalue weighted by atomic mass is 10.1. The largest absolute Gasteiger partial charge is 0.388 e. The van der Waals surface area contributed by atoms with Crippen LogP contribution in [0.2, 0.25) is 0 Å². The van der Waals surface area contributed by atoms with Crippen molar-refractivity contribution >= 4 is 0 Å². The van der Waals surface area contributed by atoms with Gasteiger partial charge in [-0.25, -0.2) is 0 Å². The molecule has 0 heterocycles. The van der Waals surface area contributed by atoms with Gasteiger partial charge in [-0.15, -0.1) is 0 Å². The van der Waals surface area contributed by atoms with E-state index in [9.17, 15) is 5.11 Å². The molecule has 0 aromatic rings. The summed E-state index contributed by atoms with van der Waals surface area (Å²) in [6.07, 6.45) is 32.7. The first-order valence-electron chi connectivity index (χ1n) is 13.4. The van der Waals surface area contributed by atoms with E-state index in [2.05, 4.69) is 31.2 Å². The minimum Gasteiger partial charge on any atom is -0.388 e. The molecule has 3 nitrogen and oxygen atoms in total. The maximum atomic E-state index is 9.47. The van der Waals surface area contributed by atoms with Crippen LogP contribution in [0.5, 0.6) is 0 Å². The minimum atomic E-state index is -0.495. The van der Waals surface area contributed by atoms with Gasteiger partial charge < -0.3 is 14.6 Å². The molecule has 0 spiro atoms. The summed E-state index contributed by atoms with van der Waals surface area (Å²) in [5.74, 6) is 0. The van der Waals surface area contributed by atoms with E-state index >= 15 is 0 Å². The highest BCUT2D eigenvalue weighted by molar-refractivity contribution is 4.82. The van der Waals surface area contributed by atoms with E-state index in [0.29, 0.717) is 13.2 Å². The summed E-state index contributed by atoms with van der Waals surface area (Å²) in [6.45, 7) is 3.73. The minimum absolute atomic E-state index is 0.349. The van der Waals surface area contributed by atoms with E-state index in [-0.39, 0.29) is 0 Å². The third-order valence-corrected chi connectivity index (χ3v) is 5.63. The zero-order valence-corrected chi connectivity index (χ0v) is 21.0. The molecule has 0 radical (unpaired) electrons. The van der Waals surface area contributed by atoms with Crippen LogP contribution in [0.15, 0.2) is 24.3 Å². The van der Waals surface area contributed by atoms with Gasteiger partial charge in [-0.2, -0.15) is 0 Å². The van der Waals surface area contributed by atoms with Crippen LogP contribution in [0.1, 0.15) is 122 Å². The van der Waals surface area contributed by atoms with E-state index < -0.39 is 6.10 Å². The Labute approximate surface area is 194 Å². The molecule has 0 rings (SSSR count). The first-order chi connectivity index (χ1) is 15.3. The van der Waals surface area contributed by atoms with Crippen molar-refractivity contribution < 1.29 is 14.6 Å². The van der Waals surface area contributed by atoms with Crippen LogP contribution in [-0.2, 0) is 9.47 Å². The molecule has 0 saturated heterocycles. The van der Waals surface area contributed by atoms with Gasteiger partial charge in [-0.05, 0) is 57.8 Å². The monoisotopic (exact) mass is 438 g/mol. The fourth-order valence-corrected chi connectivity index (χ4v) is 3.67. The number of hydrogen-bond donors (Lipinski definition) is 1. The molecule has 0 aliphatic rings. The Kier molecular flexibility index (Phi) is 26.8. The fraction of sp³-hybridized carbons (Fsp3) is 0.857. The lowest BCUT2D eigenvalue weighted by molar-refractivity contribution is -0.00681. The number of aliphatic hydroxyl groups is 1. The standard InChI is InChI=1S/C28H54O3/c1-3-4-5-6-7-8-9-10-11-12-13-14-15-16-17-18-19-20-21-22-23-24-25-31-27-28(29)26-30-2/h7-8,19-20,28-29H,3-6,9-18,21-27H2,1-2H3/t28-/m0/s1. The van der Waals surface area contributed by atoms with Crippen LogP contribution in [0.25, 0.3) is 0 Å². The summed E-state index contributed by atoms with van der Waals surface area (Å²) >= 11 is 0. The van der Waals surface area contributed by atoms with E-state index in [0.717, 1.165) is 13.0 Å². The molecule has 0 aliphatic carbocycles. The van der Waals surface area contributed by atoms with Crippen molar-refractivity contribution in [2.75, 3.05) is 26.9 Å². The molecule has 0 aromatic carbocycles. The summed E-state index contributed by atoms with van der Waals surface area (Å²) in [7, 11) is 1.59. The van der Waals surface area contributed by atoms with Gasteiger partial charge in [0.25, 0.3) is 0 Å². The molecular formula is C28H54O3. The number of aliphatic hydroxyl groups excluding tert-OH is 1. The predicted molar refractivity (Wildman–Crippen MR) is 136 cm³/mol. The molecule has 31 heavy (non-hydrogen) atoms. The third-order valence-electron chi connectivity index (χ3n) is 5.63. The van der Waals surface area contributed by atoms with Gasteiger partial charge in [0.2, 0.25) is 0 Å².